The van der Waals surface area contributed by atoms with E-state index in [1.165, 1.54) is 50.8 Å². The van der Waals surface area contributed by atoms with Gasteiger partial charge in [-0.25, -0.2) is 0 Å². The fraction of sp³-hybridized carbons (Fsp3) is 0.696. The van der Waals surface area contributed by atoms with E-state index in [4.69, 9.17) is 0 Å². The lowest BCUT2D eigenvalue weighted by Gasteiger charge is -2.28. The highest BCUT2D eigenvalue weighted by atomic mass is 16.1. The summed E-state index contributed by atoms with van der Waals surface area (Å²) in [6.07, 6.45) is 8.97. The lowest BCUT2D eigenvalue weighted by atomic mass is 9.88. The number of carbonyl (C=O) groups is 1. The zero-order valence-electron chi connectivity index (χ0n) is 16.6. The maximum atomic E-state index is 12.6. The Kier molecular flexibility index (Phi) is 4.63. The number of amides is 1. The molecule has 1 aromatic rings. The van der Waals surface area contributed by atoms with E-state index in [0.29, 0.717) is 12.0 Å². The third-order valence-corrected chi connectivity index (χ3v) is 7.81. The molecule has 0 spiro atoms. The van der Waals surface area contributed by atoms with Crippen LogP contribution in [0, 0.1) is 17.8 Å². The van der Waals surface area contributed by atoms with Crippen LogP contribution < -0.4 is 10.2 Å². The van der Waals surface area contributed by atoms with E-state index in [0.717, 1.165) is 37.2 Å². The van der Waals surface area contributed by atoms with E-state index in [1.54, 1.807) is 0 Å². The van der Waals surface area contributed by atoms with Crippen LogP contribution >= 0.6 is 0 Å². The van der Waals surface area contributed by atoms with Crippen LogP contribution in [0.4, 0.5) is 11.4 Å². The summed E-state index contributed by atoms with van der Waals surface area (Å²) < 4.78 is 0. The molecular formula is C23H33N3O. The van der Waals surface area contributed by atoms with E-state index < -0.39 is 0 Å². The van der Waals surface area contributed by atoms with Crippen LogP contribution in [0.1, 0.15) is 51.9 Å². The number of nitrogens with zero attached hydrogens (tertiary/aromatic N) is 2. The summed E-state index contributed by atoms with van der Waals surface area (Å²) in [5, 5.41) is 3.18. The molecule has 1 N–H and O–H groups in total. The fourth-order valence-electron chi connectivity index (χ4n) is 6.30. The molecule has 2 aliphatic heterocycles. The van der Waals surface area contributed by atoms with Gasteiger partial charge in [0.05, 0.1) is 0 Å². The summed E-state index contributed by atoms with van der Waals surface area (Å²) in [5.74, 6) is 1.96. The zero-order chi connectivity index (χ0) is 18.4. The molecule has 1 amide bonds. The molecular weight excluding hydrogens is 334 g/mol. The van der Waals surface area contributed by atoms with Crippen LogP contribution in [-0.4, -0.2) is 42.5 Å². The summed E-state index contributed by atoms with van der Waals surface area (Å²) in [5.41, 5.74) is 2.25. The average molecular weight is 368 g/mol. The Bertz CT molecular complexity index is 687. The van der Waals surface area contributed by atoms with Gasteiger partial charge in [-0.15, -0.1) is 0 Å². The molecule has 2 saturated heterocycles. The van der Waals surface area contributed by atoms with E-state index in [1.807, 2.05) is 0 Å². The highest BCUT2D eigenvalue weighted by Crippen LogP contribution is 2.48. The topological polar surface area (TPSA) is 35.6 Å². The van der Waals surface area contributed by atoms with Crippen molar-refractivity contribution in [1.82, 2.24) is 4.90 Å². The lowest BCUT2D eigenvalue weighted by molar-refractivity contribution is -0.121. The number of hydrogen-bond donors (Lipinski definition) is 1. The van der Waals surface area contributed by atoms with E-state index >= 15 is 0 Å². The number of fused-ring (bicyclic) bond motifs is 2. The fourth-order valence-corrected chi connectivity index (χ4v) is 6.30. The van der Waals surface area contributed by atoms with Crippen molar-refractivity contribution in [3.63, 3.8) is 0 Å². The molecule has 2 heterocycles. The molecule has 5 atom stereocenters. The molecule has 2 saturated carbocycles. The lowest BCUT2D eigenvalue weighted by Crippen LogP contribution is -2.39. The SMILES string of the molecule is CC1CCCN1C1CCN(c2ccc(NC(=O)C3C[C@@H]4CC[C@H]3C4)cc2)C1. The van der Waals surface area contributed by atoms with Gasteiger partial charge in [-0.2, -0.15) is 0 Å². The predicted octanol–water partition coefficient (Wildman–Crippen LogP) is 4.12. The smallest absolute Gasteiger partial charge is 0.227 e. The van der Waals surface area contributed by atoms with E-state index in [9.17, 15) is 4.79 Å². The van der Waals surface area contributed by atoms with Gasteiger partial charge in [-0.1, -0.05) is 6.42 Å². The van der Waals surface area contributed by atoms with Crippen molar-refractivity contribution < 1.29 is 4.79 Å². The maximum absolute atomic E-state index is 12.6. The number of likely N-dealkylation sites (tertiary alicyclic amines) is 1. The van der Waals surface area contributed by atoms with Crippen LogP contribution in [0.25, 0.3) is 0 Å². The Labute approximate surface area is 163 Å². The third kappa shape index (κ3) is 3.37. The molecule has 4 heteroatoms. The minimum absolute atomic E-state index is 0.249. The highest BCUT2D eigenvalue weighted by Gasteiger charge is 2.43. The summed E-state index contributed by atoms with van der Waals surface area (Å²) >= 11 is 0. The quantitative estimate of drug-likeness (QED) is 0.869. The van der Waals surface area contributed by atoms with E-state index in [2.05, 4.69) is 46.3 Å². The van der Waals surface area contributed by atoms with Gasteiger partial charge in [0.2, 0.25) is 5.91 Å². The van der Waals surface area contributed by atoms with Crippen LogP contribution in [0.5, 0.6) is 0 Å². The minimum atomic E-state index is 0.249. The van der Waals surface area contributed by atoms with Crippen molar-refractivity contribution in [3.8, 4) is 0 Å². The molecule has 0 radical (unpaired) electrons. The Morgan fingerprint density at radius 2 is 1.89 bits per heavy atom. The predicted molar refractivity (Wildman–Crippen MR) is 110 cm³/mol. The zero-order valence-corrected chi connectivity index (χ0v) is 16.6. The van der Waals surface area contributed by atoms with Gasteiger partial charge in [-0.05, 0) is 88.1 Å². The number of carbonyl (C=O) groups excluding carboxylic acids is 1. The first-order valence-electron chi connectivity index (χ1n) is 11.1. The molecule has 4 nitrogen and oxygen atoms in total. The molecule has 0 aromatic heterocycles. The Morgan fingerprint density at radius 3 is 2.56 bits per heavy atom. The summed E-state index contributed by atoms with van der Waals surface area (Å²) in [6, 6.07) is 10.0. The van der Waals surface area contributed by atoms with Crippen molar-refractivity contribution in [2.75, 3.05) is 29.9 Å². The molecule has 1 aromatic carbocycles. The summed E-state index contributed by atoms with van der Waals surface area (Å²) in [7, 11) is 0. The second kappa shape index (κ2) is 7.12. The van der Waals surface area contributed by atoms with Crippen molar-refractivity contribution in [2.45, 2.75) is 64.0 Å². The second-order valence-corrected chi connectivity index (χ2v) is 9.44. The molecule has 4 aliphatic rings. The molecule has 3 unspecified atom stereocenters. The monoisotopic (exact) mass is 367 g/mol. The minimum Gasteiger partial charge on any atom is -0.370 e. The first-order chi connectivity index (χ1) is 13.2. The molecule has 2 aliphatic carbocycles. The van der Waals surface area contributed by atoms with Gasteiger partial charge in [0.15, 0.2) is 0 Å². The van der Waals surface area contributed by atoms with Gasteiger partial charge >= 0.3 is 0 Å². The maximum Gasteiger partial charge on any atom is 0.227 e. The largest absolute Gasteiger partial charge is 0.370 e. The van der Waals surface area contributed by atoms with Crippen molar-refractivity contribution >= 4 is 17.3 Å². The van der Waals surface area contributed by atoms with Crippen molar-refractivity contribution in [1.29, 1.82) is 0 Å². The first kappa shape index (κ1) is 17.5. The Morgan fingerprint density at radius 1 is 1.04 bits per heavy atom. The number of anilines is 2. The number of benzene rings is 1. The third-order valence-electron chi connectivity index (χ3n) is 7.81. The van der Waals surface area contributed by atoms with Gasteiger partial charge in [-0.3, -0.25) is 9.69 Å². The van der Waals surface area contributed by atoms with Crippen LogP contribution in [0.3, 0.4) is 0 Å². The van der Waals surface area contributed by atoms with Crippen molar-refractivity contribution in [2.24, 2.45) is 17.8 Å². The summed E-state index contributed by atoms with van der Waals surface area (Å²) in [4.78, 5) is 17.9. The molecule has 27 heavy (non-hydrogen) atoms. The van der Waals surface area contributed by atoms with E-state index in [-0.39, 0.29) is 11.8 Å². The molecule has 146 valence electrons. The Balaban J connectivity index is 1.18. The number of rotatable bonds is 4. The standard InChI is InChI=1S/C23H33N3O/c1-16-3-2-11-26(16)21-10-12-25(15-21)20-8-6-19(7-9-20)24-23(27)22-14-17-4-5-18(22)13-17/h6-9,16-18,21-22H,2-5,10-15H2,1H3,(H,24,27)/t16?,17-,18+,21?,22?/m1/s1. The first-order valence-corrected chi connectivity index (χ1v) is 11.1. The number of hydrogen-bond acceptors (Lipinski definition) is 3. The number of nitrogens with one attached hydrogen (secondary N) is 1. The van der Waals surface area contributed by atoms with Gasteiger partial charge in [0, 0.05) is 42.5 Å². The van der Waals surface area contributed by atoms with Crippen molar-refractivity contribution in [3.05, 3.63) is 24.3 Å². The summed E-state index contributed by atoms with van der Waals surface area (Å²) in [6.45, 7) is 5.93. The molecule has 5 rings (SSSR count). The highest BCUT2D eigenvalue weighted by molar-refractivity contribution is 5.93. The van der Waals surface area contributed by atoms with Gasteiger partial charge < -0.3 is 10.2 Å². The van der Waals surface area contributed by atoms with Gasteiger partial charge in [0.25, 0.3) is 0 Å². The van der Waals surface area contributed by atoms with Crippen LogP contribution in [0.2, 0.25) is 0 Å². The van der Waals surface area contributed by atoms with Crippen LogP contribution in [-0.2, 0) is 4.79 Å². The Hall–Kier alpha value is -1.55. The molecule has 4 fully saturated rings. The average Bonchev–Trinajstić information content (AvgIpc) is 3.46. The molecule has 2 bridgehead atoms. The van der Waals surface area contributed by atoms with Crippen LogP contribution in [0.15, 0.2) is 24.3 Å². The van der Waals surface area contributed by atoms with Gasteiger partial charge in [0.1, 0.15) is 0 Å². The second-order valence-electron chi connectivity index (χ2n) is 9.44. The normalized spacial score (nSPS) is 35.9.